The Hall–Kier alpha value is -4.06. The molecular formula is C28H27NO5. The summed E-state index contributed by atoms with van der Waals surface area (Å²) in [6.07, 6.45) is 1.40. The number of aliphatic hydroxyl groups is 1. The van der Waals surface area contributed by atoms with Crippen LogP contribution in [0.25, 0.3) is 5.76 Å². The van der Waals surface area contributed by atoms with Gasteiger partial charge in [-0.3, -0.25) is 9.59 Å². The first kappa shape index (κ1) is 23.1. The van der Waals surface area contributed by atoms with Gasteiger partial charge in [0.2, 0.25) is 0 Å². The summed E-state index contributed by atoms with van der Waals surface area (Å²) in [5.41, 5.74) is 2.09. The van der Waals surface area contributed by atoms with Crippen molar-refractivity contribution < 1.29 is 24.5 Å². The molecule has 3 aromatic carbocycles. The highest BCUT2D eigenvalue weighted by molar-refractivity contribution is 6.46. The average Bonchev–Trinajstić information content (AvgIpc) is 3.12. The molecule has 1 atom stereocenters. The maximum absolute atomic E-state index is 13.2. The van der Waals surface area contributed by atoms with Crippen LogP contribution in [0.4, 0.5) is 0 Å². The quantitative estimate of drug-likeness (QED) is 0.287. The van der Waals surface area contributed by atoms with Crippen LogP contribution in [-0.4, -0.2) is 40.0 Å². The molecule has 0 bridgehead atoms. The highest BCUT2D eigenvalue weighted by Gasteiger charge is 2.45. The first-order valence-electron chi connectivity index (χ1n) is 11.3. The van der Waals surface area contributed by atoms with Crippen molar-refractivity contribution in [1.29, 1.82) is 0 Å². The van der Waals surface area contributed by atoms with E-state index in [1.807, 2.05) is 37.3 Å². The zero-order chi connectivity index (χ0) is 24.1. The molecule has 2 N–H and O–H groups in total. The molecule has 0 saturated carbocycles. The van der Waals surface area contributed by atoms with Crippen LogP contribution in [0.1, 0.15) is 36.1 Å². The van der Waals surface area contributed by atoms with E-state index >= 15 is 0 Å². The number of likely N-dealkylation sites (tertiary alicyclic amines) is 1. The molecule has 0 spiro atoms. The largest absolute Gasteiger partial charge is 0.508 e. The number of aromatic hydroxyl groups is 1. The van der Waals surface area contributed by atoms with E-state index in [-0.39, 0.29) is 17.1 Å². The lowest BCUT2D eigenvalue weighted by atomic mass is 9.95. The molecule has 1 fully saturated rings. The number of ketones is 1. The molecule has 1 aliphatic rings. The normalized spacial score (nSPS) is 17.2. The molecule has 6 heteroatoms. The Bertz CT molecular complexity index is 1200. The van der Waals surface area contributed by atoms with E-state index in [0.29, 0.717) is 36.4 Å². The van der Waals surface area contributed by atoms with Crippen LogP contribution in [0.5, 0.6) is 11.5 Å². The first-order chi connectivity index (χ1) is 16.5. The van der Waals surface area contributed by atoms with Gasteiger partial charge in [-0.05, 0) is 48.2 Å². The summed E-state index contributed by atoms with van der Waals surface area (Å²) in [6, 6.07) is 22.1. The van der Waals surface area contributed by atoms with Gasteiger partial charge in [0, 0.05) is 12.1 Å². The second kappa shape index (κ2) is 10.3. The van der Waals surface area contributed by atoms with Crippen molar-refractivity contribution >= 4 is 17.4 Å². The molecule has 1 heterocycles. The van der Waals surface area contributed by atoms with Crippen LogP contribution < -0.4 is 4.74 Å². The Balaban J connectivity index is 1.75. The van der Waals surface area contributed by atoms with Gasteiger partial charge in [-0.2, -0.15) is 0 Å². The fraction of sp³-hybridized carbons (Fsp3) is 0.214. The molecule has 174 valence electrons. The van der Waals surface area contributed by atoms with Crippen LogP contribution in [0.3, 0.4) is 0 Å². The SMILES string of the molecule is CCCOc1cccc(C(O)=C2C(=O)C(=O)N(CCc3ccccc3)C2c2ccc(O)cc2)c1. The van der Waals surface area contributed by atoms with Crippen molar-refractivity contribution in [2.75, 3.05) is 13.2 Å². The lowest BCUT2D eigenvalue weighted by Gasteiger charge is -2.25. The van der Waals surface area contributed by atoms with Gasteiger partial charge in [-0.25, -0.2) is 0 Å². The standard InChI is InChI=1S/C28H27NO5/c1-2-17-34-23-10-6-9-21(18-23)26(31)24-25(20-11-13-22(30)14-12-20)29(28(33)27(24)32)16-15-19-7-4-3-5-8-19/h3-14,18,25,30-31H,2,15-17H2,1H3. The number of carbonyl (C=O) groups is 2. The molecule has 6 nitrogen and oxygen atoms in total. The average molecular weight is 458 g/mol. The maximum Gasteiger partial charge on any atom is 0.295 e. The summed E-state index contributed by atoms with van der Waals surface area (Å²) in [5.74, 6) is -0.991. The Morgan fingerprint density at radius 2 is 1.71 bits per heavy atom. The topological polar surface area (TPSA) is 87.1 Å². The molecule has 34 heavy (non-hydrogen) atoms. The summed E-state index contributed by atoms with van der Waals surface area (Å²) in [6.45, 7) is 2.83. The smallest absolute Gasteiger partial charge is 0.295 e. The lowest BCUT2D eigenvalue weighted by Crippen LogP contribution is -2.31. The molecule has 1 saturated heterocycles. The second-order valence-corrected chi connectivity index (χ2v) is 8.20. The summed E-state index contributed by atoms with van der Waals surface area (Å²) in [7, 11) is 0. The first-order valence-corrected chi connectivity index (χ1v) is 11.3. The van der Waals surface area contributed by atoms with Crippen LogP contribution in [0, 0.1) is 0 Å². The van der Waals surface area contributed by atoms with E-state index in [0.717, 1.165) is 12.0 Å². The highest BCUT2D eigenvalue weighted by atomic mass is 16.5. The number of hydrogen-bond donors (Lipinski definition) is 2. The van der Waals surface area contributed by atoms with E-state index < -0.39 is 17.7 Å². The van der Waals surface area contributed by atoms with E-state index in [1.165, 1.54) is 17.0 Å². The van der Waals surface area contributed by atoms with Gasteiger partial charge in [-0.15, -0.1) is 0 Å². The van der Waals surface area contributed by atoms with Crippen molar-refractivity contribution in [3.05, 3.63) is 101 Å². The third-order valence-electron chi connectivity index (χ3n) is 5.81. The molecule has 0 radical (unpaired) electrons. The molecule has 1 unspecified atom stereocenters. The van der Waals surface area contributed by atoms with E-state index in [4.69, 9.17) is 4.74 Å². The van der Waals surface area contributed by atoms with Crippen LogP contribution >= 0.6 is 0 Å². The molecule has 0 aliphatic carbocycles. The number of ether oxygens (including phenoxy) is 1. The highest BCUT2D eigenvalue weighted by Crippen LogP contribution is 2.40. The fourth-order valence-electron chi connectivity index (χ4n) is 4.12. The van der Waals surface area contributed by atoms with Crippen LogP contribution in [0.2, 0.25) is 0 Å². The third kappa shape index (κ3) is 4.81. The van der Waals surface area contributed by atoms with Crippen molar-refractivity contribution in [2.24, 2.45) is 0 Å². The third-order valence-corrected chi connectivity index (χ3v) is 5.81. The van der Waals surface area contributed by atoms with Crippen molar-refractivity contribution in [3.63, 3.8) is 0 Å². The number of hydrogen-bond acceptors (Lipinski definition) is 5. The van der Waals surface area contributed by atoms with Gasteiger partial charge < -0.3 is 19.8 Å². The number of phenolic OH excluding ortho intramolecular Hbond substituents is 1. The lowest BCUT2D eigenvalue weighted by molar-refractivity contribution is -0.139. The predicted octanol–water partition coefficient (Wildman–Crippen LogP) is 4.85. The number of phenols is 1. The van der Waals surface area contributed by atoms with Gasteiger partial charge in [0.1, 0.15) is 17.3 Å². The number of carbonyl (C=O) groups excluding carboxylic acids is 2. The number of aliphatic hydroxyl groups excluding tert-OH is 1. The summed E-state index contributed by atoms with van der Waals surface area (Å²) in [4.78, 5) is 27.7. The summed E-state index contributed by atoms with van der Waals surface area (Å²) < 4.78 is 5.67. The molecule has 0 aromatic heterocycles. The zero-order valence-electron chi connectivity index (χ0n) is 19.0. The van der Waals surface area contributed by atoms with Gasteiger partial charge in [0.15, 0.2) is 0 Å². The molecule has 3 aromatic rings. The minimum Gasteiger partial charge on any atom is -0.508 e. The Morgan fingerprint density at radius 1 is 0.971 bits per heavy atom. The minimum absolute atomic E-state index is 0.0244. The zero-order valence-corrected chi connectivity index (χ0v) is 19.0. The Labute approximate surface area is 198 Å². The van der Waals surface area contributed by atoms with Crippen LogP contribution in [0.15, 0.2) is 84.4 Å². The van der Waals surface area contributed by atoms with Crippen molar-refractivity contribution in [1.82, 2.24) is 4.90 Å². The van der Waals surface area contributed by atoms with Gasteiger partial charge in [-0.1, -0.05) is 61.5 Å². The van der Waals surface area contributed by atoms with Gasteiger partial charge >= 0.3 is 0 Å². The predicted molar refractivity (Wildman–Crippen MR) is 129 cm³/mol. The van der Waals surface area contributed by atoms with E-state index in [1.54, 1.807) is 36.4 Å². The monoisotopic (exact) mass is 457 g/mol. The molecule has 4 rings (SSSR count). The number of Topliss-reactive ketones (excluding diaryl/α,β-unsaturated/α-hetero) is 1. The number of nitrogens with zero attached hydrogens (tertiary/aromatic N) is 1. The molecule has 1 amide bonds. The number of benzene rings is 3. The summed E-state index contributed by atoms with van der Waals surface area (Å²) >= 11 is 0. The fourth-order valence-corrected chi connectivity index (χ4v) is 4.12. The second-order valence-electron chi connectivity index (χ2n) is 8.20. The Kier molecular flexibility index (Phi) is 6.97. The van der Waals surface area contributed by atoms with Crippen molar-refractivity contribution in [3.8, 4) is 11.5 Å². The van der Waals surface area contributed by atoms with E-state index in [9.17, 15) is 19.8 Å². The number of rotatable bonds is 8. The Morgan fingerprint density at radius 3 is 2.41 bits per heavy atom. The number of amides is 1. The summed E-state index contributed by atoms with van der Waals surface area (Å²) in [5, 5.41) is 21.0. The van der Waals surface area contributed by atoms with E-state index in [2.05, 4.69) is 0 Å². The molecular weight excluding hydrogens is 430 g/mol. The van der Waals surface area contributed by atoms with Crippen LogP contribution in [-0.2, 0) is 16.0 Å². The maximum atomic E-state index is 13.2. The minimum atomic E-state index is -0.774. The van der Waals surface area contributed by atoms with Crippen molar-refractivity contribution in [2.45, 2.75) is 25.8 Å². The molecule has 1 aliphatic heterocycles. The van der Waals surface area contributed by atoms with Gasteiger partial charge in [0.25, 0.3) is 11.7 Å². The van der Waals surface area contributed by atoms with Gasteiger partial charge in [0.05, 0.1) is 18.2 Å².